The molecule has 1 aliphatic heterocycles. The average Bonchev–Trinajstić information content (AvgIpc) is 2.80. The minimum absolute atomic E-state index is 0.0144. The van der Waals surface area contributed by atoms with E-state index in [0.29, 0.717) is 6.54 Å². The first kappa shape index (κ1) is 15.9. The number of carbonyl (C=O) groups excluding carboxylic acids is 1. The summed E-state index contributed by atoms with van der Waals surface area (Å²) >= 11 is 0. The van der Waals surface area contributed by atoms with E-state index in [1.54, 1.807) is 7.11 Å². The molecule has 1 aliphatic rings. The second-order valence-corrected chi connectivity index (χ2v) is 5.61. The number of amides is 1. The van der Waals surface area contributed by atoms with Gasteiger partial charge in [-0.25, -0.2) is 0 Å². The van der Waals surface area contributed by atoms with Crippen LogP contribution in [0, 0.1) is 0 Å². The smallest absolute Gasteiger partial charge is 0.216 e. The van der Waals surface area contributed by atoms with Crippen LogP contribution < -0.4 is 15.4 Å². The fourth-order valence-corrected chi connectivity index (χ4v) is 2.80. The summed E-state index contributed by atoms with van der Waals surface area (Å²) in [5.74, 6) is 0.789. The Kier molecular flexibility index (Phi) is 4.70. The first-order chi connectivity index (χ1) is 11.7. The van der Waals surface area contributed by atoms with Crippen molar-refractivity contribution in [1.82, 2.24) is 15.6 Å². The number of allylic oxidation sites excluding steroid dienone is 4. The molecule has 0 spiro atoms. The molecule has 2 aromatic rings. The van der Waals surface area contributed by atoms with Crippen LogP contribution in [0.2, 0.25) is 0 Å². The van der Waals surface area contributed by atoms with Crippen molar-refractivity contribution in [3.8, 4) is 5.75 Å². The number of benzene rings is 1. The van der Waals surface area contributed by atoms with E-state index in [9.17, 15) is 4.79 Å². The Labute approximate surface area is 141 Å². The Bertz CT molecular complexity index is 844. The minimum atomic E-state index is -0.0144. The lowest BCUT2D eigenvalue weighted by atomic mass is 10.0. The van der Waals surface area contributed by atoms with Gasteiger partial charge in [0.1, 0.15) is 5.75 Å². The number of rotatable bonds is 5. The molecule has 0 bridgehead atoms. The van der Waals surface area contributed by atoms with Gasteiger partial charge in [-0.1, -0.05) is 12.2 Å². The van der Waals surface area contributed by atoms with Crippen molar-refractivity contribution in [3.63, 3.8) is 0 Å². The maximum atomic E-state index is 11.1. The quantitative estimate of drug-likeness (QED) is 0.793. The molecule has 3 rings (SSSR count). The number of carbonyl (C=O) groups is 1. The molecule has 1 amide bonds. The highest BCUT2D eigenvalue weighted by atomic mass is 16.5. The van der Waals surface area contributed by atoms with Crippen LogP contribution in [0.3, 0.4) is 0 Å². The van der Waals surface area contributed by atoms with Crippen LogP contribution in [0.15, 0.2) is 48.8 Å². The molecule has 0 unspecified atom stereocenters. The molecule has 0 fully saturated rings. The van der Waals surface area contributed by atoms with E-state index >= 15 is 0 Å². The summed E-state index contributed by atoms with van der Waals surface area (Å²) in [4.78, 5) is 14.4. The van der Waals surface area contributed by atoms with Crippen LogP contribution in [0.1, 0.15) is 18.1 Å². The molecule has 0 saturated heterocycles. The van der Waals surface area contributed by atoms with Crippen molar-refractivity contribution in [1.29, 1.82) is 0 Å². The number of hydrogen-bond acceptors (Lipinski definition) is 3. The lowest BCUT2D eigenvalue weighted by molar-refractivity contribution is -0.118. The van der Waals surface area contributed by atoms with Gasteiger partial charge in [-0.05, 0) is 36.3 Å². The molecule has 0 radical (unpaired) electrons. The van der Waals surface area contributed by atoms with Gasteiger partial charge in [0.25, 0.3) is 0 Å². The summed E-state index contributed by atoms with van der Waals surface area (Å²) in [6.07, 6.45) is 12.6. The first-order valence-electron chi connectivity index (χ1n) is 7.92. The van der Waals surface area contributed by atoms with Crippen molar-refractivity contribution < 1.29 is 9.53 Å². The molecule has 0 saturated carbocycles. The minimum Gasteiger partial charge on any atom is -0.497 e. The van der Waals surface area contributed by atoms with Crippen molar-refractivity contribution in [2.24, 2.45) is 0 Å². The largest absolute Gasteiger partial charge is 0.497 e. The molecular weight excluding hydrogens is 302 g/mol. The van der Waals surface area contributed by atoms with Gasteiger partial charge in [0, 0.05) is 42.5 Å². The number of hydrogen-bond donors (Lipinski definition) is 3. The third-order valence-corrected chi connectivity index (χ3v) is 3.96. The van der Waals surface area contributed by atoms with E-state index in [1.807, 2.05) is 48.8 Å². The Morgan fingerprint density at radius 2 is 2.12 bits per heavy atom. The number of nitrogens with one attached hydrogen (secondary N) is 3. The highest BCUT2D eigenvalue weighted by Crippen LogP contribution is 2.31. The number of ether oxygens (including phenoxy) is 1. The topological polar surface area (TPSA) is 66.2 Å². The summed E-state index contributed by atoms with van der Waals surface area (Å²) < 4.78 is 5.48. The van der Waals surface area contributed by atoms with E-state index in [4.69, 9.17) is 4.74 Å². The predicted octanol–water partition coefficient (Wildman–Crippen LogP) is 2.87. The standard InChI is InChI=1S/C19H21N3O2/c1-13(23)20-9-7-14-12-22-19-16(14)10-15(24-2)11-17(19)18-6-4-3-5-8-21-18/h3-6,8,10-12,21-22H,7,9H2,1-2H3,(H,20,23). The van der Waals surface area contributed by atoms with Gasteiger partial charge in [0.05, 0.1) is 12.6 Å². The van der Waals surface area contributed by atoms with E-state index in [2.05, 4.69) is 15.6 Å². The zero-order valence-electron chi connectivity index (χ0n) is 13.8. The van der Waals surface area contributed by atoms with Crippen LogP contribution in [-0.4, -0.2) is 24.5 Å². The maximum absolute atomic E-state index is 11.1. The van der Waals surface area contributed by atoms with Crippen LogP contribution >= 0.6 is 0 Å². The lowest BCUT2D eigenvalue weighted by Crippen LogP contribution is -2.22. The molecule has 1 aromatic carbocycles. The summed E-state index contributed by atoms with van der Waals surface area (Å²) in [7, 11) is 1.67. The van der Waals surface area contributed by atoms with Crippen molar-refractivity contribution in [3.05, 3.63) is 60.0 Å². The zero-order valence-corrected chi connectivity index (χ0v) is 13.8. The van der Waals surface area contributed by atoms with Crippen LogP contribution in [0.4, 0.5) is 0 Å². The average molecular weight is 323 g/mol. The molecule has 0 aliphatic carbocycles. The van der Waals surface area contributed by atoms with Crippen molar-refractivity contribution in [2.75, 3.05) is 13.7 Å². The molecule has 3 N–H and O–H groups in total. The Morgan fingerprint density at radius 1 is 1.25 bits per heavy atom. The third kappa shape index (κ3) is 3.35. The van der Waals surface area contributed by atoms with Gasteiger partial charge in [0.2, 0.25) is 5.91 Å². The molecule has 2 heterocycles. The molecule has 5 nitrogen and oxygen atoms in total. The van der Waals surface area contributed by atoms with Gasteiger partial charge in [-0.15, -0.1) is 0 Å². The monoisotopic (exact) mass is 323 g/mol. The zero-order chi connectivity index (χ0) is 16.9. The second-order valence-electron chi connectivity index (χ2n) is 5.61. The Balaban J connectivity index is 2.01. The third-order valence-electron chi connectivity index (χ3n) is 3.96. The Morgan fingerprint density at radius 3 is 2.92 bits per heavy atom. The lowest BCUT2D eigenvalue weighted by Gasteiger charge is -2.11. The number of methoxy groups -OCH3 is 1. The van der Waals surface area contributed by atoms with Crippen LogP contribution in [-0.2, 0) is 11.2 Å². The van der Waals surface area contributed by atoms with Gasteiger partial charge < -0.3 is 20.4 Å². The maximum Gasteiger partial charge on any atom is 0.216 e. The van der Waals surface area contributed by atoms with E-state index in [1.165, 1.54) is 6.92 Å². The SMILES string of the molecule is COc1cc(C2=CC=CC=CN2)c2[nH]cc(CCNC(C)=O)c2c1. The molecule has 24 heavy (non-hydrogen) atoms. The molecule has 0 atom stereocenters. The van der Waals surface area contributed by atoms with Crippen LogP contribution in [0.5, 0.6) is 5.75 Å². The second kappa shape index (κ2) is 7.08. The van der Waals surface area contributed by atoms with Crippen LogP contribution in [0.25, 0.3) is 16.6 Å². The summed E-state index contributed by atoms with van der Waals surface area (Å²) in [6, 6.07) is 4.05. The van der Waals surface area contributed by atoms with E-state index in [0.717, 1.165) is 39.9 Å². The number of aromatic nitrogens is 1. The van der Waals surface area contributed by atoms with Crippen molar-refractivity contribution in [2.45, 2.75) is 13.3 Å². The van der Waals surface area contributed by atoms with Gasteiger partial charge in [0.15, 0.2) is 0 Å². The summed E-state index contributed by atoms with van der Waals surface area (Å²) in [5.41, 5.74) is 4.25. The predicted molar refractivity (Wildman–Crippen MR) is 96.6 cm³/mol. The normalized spacial score (nSPS) is 13.3. The fraction of sp³-hybridized carbons (Fsp3) is 0.211. The fourth-order valence-electron chi connectivity index (χ4n) is 2.80. The number of fused-ring (bicyclic) bond motifs is 1. The highest BCUT2D eigenvalue weighted by molar-refractivity contribution is 5.95. The highest BCUT2D eigenvalue weighted by Gasteiger charge is 2.13. The molecule has 124 valence electrons. The van der Waals surface area contributed by atoms with E-state index < -0.39 is 0 Å². The van der Waals surface area contributed by atoms with Gasteiger partial charge in [-0.3, -0.25) is 4.79 Å². The van der Waals surface area contributed by atoms with E-state index in [-0.39, 0.29) is 5.91 Å². The summed E-state index contributed by atoms with van der Waals surface area (Å²) in [6.45, 7) is 2.14. The Hall–Kier alpha value is -2.95. The first-order valence-corrected chi connectivity index (χ1v) is 7.92. The van der Waals surface area contributed by atoms with Gasteiger partial charge in [-0.2, -0.15) is 0 Å². The molecular formula is C19H21N3O2. The molecule has 5 heteroatoms. The summed E-state index contributed by atoms with van der Waals surface area (Å²) in [5, 5.41) is 7.24. The van der Waals surface area contributed by atoms with Crippen molar-refractivity contribution >= 4 is 22.5 Å². The number of H-pyrrole nitrogens is 1. The number of aromatic amines is 1. The van der Waals surface area contributed by atoms with Gasteiger partial charge >= 0.3 is 0 Å². The molecule has 1 aromatic heterocycles.